The Hall–Kier alpha value is -9.18. The predicted molar refractivity (Wildman–Crippen MR) is 292 cm³/mol. The number of aromatic nitrogens is 1. The molecule has 1 heterocycles. The maximum Gasteiger partial charge on any atom is 0.0726 e. The van der Waals surface area contributed by atoms with Crippen LogP contribution >= 0.6 is 0 Å². The van der Waals surface area contributed by atoms with Crippen molar-refractivity contribution in [3.8, 4) is 39.1 Å². The monoisotopic (exact) mass is 891 g/mol. The summed E-state index contributed by atoms with van der Waals surface area (Å²) in [5.41, 5.74) is 22.3. The van der Waals surface area contributed by atoms with Gasteiger partial charge in [-0.25, -0.2) is 0 Å². The van der Waals surface area contributed by atoms with Gasteiger partial charge < -0.3 is 14.4 Å². The van der Waals surface area contributed by atoms with Crippen LogP contribution in [0.25, 0.3) is 60.9 Å². The van der Waals surface area contributed by atoms with E-state index in [9.17, 15) is 0 Å². The maximum absolute atomic E-state index is 2.48. The van der Waals surface area contributed by atoms with Gasteiger partial charge in [0, 0.05) is 50.6 Å². The highest BCUT2D eigenvalue weighted by Gasteiger charge is 2.52. The molecule has 2 aliphatic rings. The molecule has 0 saturated heterocycles. The summed E-state index contributed by atoms with van der Waals surface area (Å²) in [7, 11) is 0. The second-order valence-corrected chi connectivity index (χ2v) is 18.4. The van der Waals surface area contributed by atoms with E-state index in [0.29, 0.717) is 0 Å². The van der Waals surface area contributed by atoms with Crippen LogP contribution in [0.15, 0.2) is 273 Å². The minimum Gasteiger partial charge on any atom is -0.310 e. The lowest BCUT2D eigenvalue weighted by molar-refractivity contribution is 0.793. The number of anilines is 6. The van der Waals surface area contributed by atoms with E-state index >= 15 is 0 Å². The van der Waals surface area contributed by atoms with Crippen LogP contribution in [-0.2, 0) is 5.41 Å². The highest BCUT2D eigenvalue weighted by molar-refractivity contribution is 6.10. The van der Waals surface area contributed by atoms with E-state index < -0.39 is 5.41 Å². The molecular formula is C67H45N3. The van der Waals surface area contributed by atoms with Gasteiger partial charge in [-0.3, -0.25) is 0 Å². The number of para-hydroxylation sites is 4. The first-order chi connectivity index (χ1) is 34.7. The smallest absolute Gasteiger partial charge is 0.0726 e. The van der Waals surface area contributed by atoms with E-state index in [4.69, 9.17) is 0 Å². The van der Waals surface area contributed by atoms with Crippen LogP contribution in [0.5, 0.6) is 0 Å². The fourth-order valence-electron chi connectivity index (χ4n) is 11.8. The molecule has 14 rings (SSSR count). The third-order valence-corrected chi connectivity index (χ3v) is 14.8. The fraction of sp³-hybridized carbons (Fsp3) is 0.0149. The molecule has 0 fully saturated rings. The van der Waals surface area contributed by atoms with Crippen LogP contribution in [0.4, 0.5) is 34.1 Å². The molecule has 12 aromatic rings. The zero-order valence-corrected chi connectivity index (χ0v) is 38.3. The molecule has 70 heavy (non-hydrogen) atoms. The molecule has 0 aliphatic heterocycles. The molecular weight excluding hydrogens is 847 g/mol. The molecule has 328 valence electrons. The molecule has 0 radical (unpaired) electrons. The Kier molecular flexibility index (Phi) is 9.11. The van der Waals surface area contributed by atoms with E-state index in [1.807, 2.05) is 0 Å². The molecule has 1 spiro atoms. The summed E-state index contributed by atoms with van der Waals surface area (Å²) in [6, 6.07) is 100. The number of hydrogen-bond donors (Lipinski definition) is 0. The Bertz CT molecular complexity index is 3930. The molecule has 2 aliphatic carbocycles. The molecule has 3 nitrogen and oxygen atoms in total. The van der Waals surface area contributed by atoms with E-state index in [-0.39, 0.29) is 0 Å². The molecule has 0 bridgehead atoms. The van der Waals surface area contributed by atoms with Crippen LogP contribution in [0.3, 0.4) is 0 Å². The van der Waals surface area contributed by atoms with Crippen molar-refractivity contribution in [3.63, 3.8) is 0 Å². The van der Waals surface area contributed by atoms with Gasteiger partial charge in [0.05, 0.1) is 16.4 Å². The van der Waals surface area contributed by atoms with Crippen molar-refractivity contribution in [1.82, 2.24) is 4.57 Å². The predicted octanol–water partition coefficient (Wildman–Crippen LogP) is 17.7. The largest absolute Gasteiger partial charge is 0.310 e. The van der Waals surface area contributed by atoms with Gasteiger partial charge in [0.15, 0.2) is 0 Å². The second-order valence-electron chi connectivity index (χ2n) is 18.4. The summed E-state index contributed by atoms with van der Waals surface area (Å²) in [5, 5.41) is 2.47. The van der Waals surface area contributed by atoms with Crippen LogP contribution < -0.4 is 9.80 Å². The minimum absolute atomic E-state index is 0.543. The second kappa shape index (κ2) is 16.0. The first-order valence-corrected chi connectivity index (χ1v) is 24.2. The number of fused-ring (bicyclic) bond motifs is 13. The standard InChI is InChI=1S/C67H45N3/c1-5-19-46(20-6-1)47-33-35-51(36-34-47)68(48-21-7-2-8-22-48)53-37-40-57-55-27-13-16-30-61(55)67(64(57)44-53)62-31-17-14-28-56(62)60-43-52(39-42-63(60)67)69(49-23-9-3-10-24-49)54-38-41-59-58-29-15-18-32-65(58)70(66(59)45-54)50-25-11-4-12-26-50/h1-45H. The number of hydrogen-bond acceptors (Lipinski definition) is 2. The van der Waals surface area contributed by atoms with Crippen LogP contribution in [0.2, 0.25) is 0 Å². The third kappa shape index (κ3) is 6.01. The lowest BCUT2D eigenvalue weighted by atomic mass is 9.70. The van der Waals surface area contributed by atoms with Crippen molar-refractivity contribution in [2.45, 2.75) is 5.41 Å². The SMILES string of the molecule is c1ccc(-c2ccc(N(c3ccccc3)c3ccc4c(c3)C3(c5ccccc5-c5cc(N(c6ccccc6)c6ccc7c8ccccc8n(-c8ccccc8)c7c6)ccc53)c3ccccc3-4)cc2)cc1. The van der Waals surface area contributed by atoms with Crippen molar-refractivity contribution >= 4 is 55.9 Å². The Morgan fingerprint density at radius 2 is 0.700 bits per heavy atom. The van der Waals surface area contributed by atoms with Gasteiger partial charge in [-0.1, -0.05) is 182 Å². The molecule has 0 saturated carbocycles. The molecule has 1 atom stereocenters. The van der Waals surface area contributed by atoms with Gasteiger partial charge in [0.2, 0.25) is 0 Å². The van der Waals surface area contributed by atoms with Gasteiger partial charge in [0.25, 0.3) is 0 Å². The molecule has 1 aromatic heterocycles. The molecule has 11 aromatic carbocycles. The summed E-state index contributed by atoms with van der Waals surface area (Å²) >= 11 is 0. The zero-order chi connectivity index (χ0) is 46.2. The maximum atomic E-state index is 2.48. The normalized spacial score (nSPS) is 14.1. The first kappa shape index (κ1) is 39.9. The Balaban J connectivity index is 0.960. The van der Waals surface area contributed by atoms with Gasteiger partial charge >= 0.3 is 0 Å². The quantitative estimate of drug-likeness (QED) is 0.151. The van der Waals surface area contributed by atoms with Crippen molar-refractivity contribution in [3.05, 3.63) is 295 Å². The lowest BCUT2D eigenvalue weighted by Gasteiger charge is -2.32. The van der Waals surface area contributed by atoms with Gasteiger partial charge in [-0.05, 0) is 147 Å². The van der Waals surface area contributed by atoms with Crippen LogP contribution in [0, 0.1) is 0 Å². The summed E-state index contributed by atoms with van der Waals surface area (Å²) in [6.45, 7) is 0. The van der Waals surface area contributed by atoms with Gasteiger partial charge in [-0.15, -0.1) is 0 Å². The number of nitrogens with zero attached hydrogens (tertiary/aromatic N) is 3. The van der Waals surface area contributed by atoms with E-state index in [1.165, 1.54) is 77.4 Å². The highest BCUT2D eigenvalue weighted by atomic mass is 15.1. The molecule has 0 N–H and O–H groups in total. The fourth-order valence-corrected chi connectivity index (χ4v) is 11.8. The molecule has 3 heteroatoms. The topological polar surface area (TPSA) is 11.4 Å². The first-order valence-electron chi connectivity index (χ1n) is 24.2. The summed E-state index contributed by atoms with van der Waals surface area (Å²) in [4.78, 5) is 4.83. The van der Waals surface area contributed by atoms with Gasteiger partial charge in [-0.2, -0.15) is 0 Å². The van der Waals surface area contributed by atoms with E-state index in [1.54, 1.807) is 0 Å². The third-order valence-electron chi connectivity index (χ3n) is 14.8. The van der Waals surface area contributed by atoms with Crippen LogP contribution in [0.1, 0.15) is 22.3 Å². The lowest BCUT2D eigenvalue weighted by Crippen LogP contribution is -2.26. The van der Waals surface area contributed by atoms with Crippen molar-refractivity contribution in [2.24, 2.45) is 0 Å². The molecule has 1 unspecified atom stereocenters. The van der Waals surface area contributed by atoms with Crippen molar-refractivity contribution in [2.75, 3.05) is 9.80 Å². The summed E-state index contributed by atoms with van der Waals surface area (Å²) < 4.78 is 2.40. The molecule has 0 amide bonds. The Morgan fingerprint density at radius 3 is 1.40 bits per heavy atom. The van der Waals surface area contributed by atoms with E-state index in [0.717, 1.165) is 39.8 Å². The van der Waals surface area contributed by atoms with E-state index in [2.05, 4.69) is 287 Å². The average molecular weight is 892 g/mol. The highest BCUT2D eigenvalue weighted by Crippen LogP contribution is 2.64. The summed E-state index contributed by atoms with van der Waals surface area (Å²) in [6.07, 6.45) is 0. The number of benzene rings is 11. The van der Waals surface area contributed by atoms with Crippen molar-refractivity contribution in [1.29, 1.82) is 0 Å². The Morgan fingerprint density at radius 1 is 0.257 bits per heavy atom. The average Bonchev–Trinajstić information content (AvgIpc) is 4.03. The zero-order valence-electron chi connectivity index (χ0n) is 38.3. The summed E-state index contributed by atoms with van der Waals surface area (Å²) in [5.74, 6) is 0. The van der Waals surface area contributed by atoms with Crippen LogP contribution in [-0.4, -0.2) is 4.57 Å². The Labute approximate surface area is 408 Å². The minimum atomic E-state index is -0.543. The number of rotatable bonds is 8. The van der Waals surface area contributed by atoms with Gasteiger partial charge in [0.1, 0.15) is 0 Å². The van der Waals surface area contributed by atoms with Crippen molar-refractivity contribution < 1.29 is 0 Å².